The average Bonchev–Trinajstić information content (AvgIpc) is 2.92. The van der Waals surface area contributed by atoms with Crippen LogP contribution in [0.4, 0.5) is 5.69 Å². The van der Waals surface area contributed by atoms with Gasteiger partial charge in [-0.2, -0.15) is 11.3 Å². The number of nitrogens with one attached hydrogen (secondary N) is 1. The SMILES string of the molecule is CCc1ccc(Cl)c(CC)c1NC(=O)Cc1ccsc1. The van der Waals surface area contributed by atoms with Crippen molar-refractivity contribution in [1.82, 2.24) is 0 Å². The van der Waals surface area contributed by atoms with Crippen molar-refractivity contribution in [2.75, 3.05) is 5.32 Å². The Hall–Kier alpha value is -1.32. The zero-order valence-electron chi connectivity index (χ0n) is 11.7. The van der Waals surface area contributed by atoms with Crippen molar-refractivity contribution < 1.29 is 4.79 Å². The van der Waals surface area contributed by atoms with Crippen LogP contribution in [0.3, 0.4) is 0 Å². The molecule has 0 saturated heterocycles. The second-order valence-electron chi connectivity index (χ2n) is 4.62. The largest absolute Gasteiger partial charge is 0.325 e. The van der Waals surface area contributed by atoms with Gasteiger partial charge in [0.1, 0.15) is 0 Å². The lowest BCUT2D eigenvalue weighted by Gasteiger charge is -2.15. The predicted molar refractivity (Wildman–Crippen MR) is 86.9 cm³/mol. The van der Waals surface area contributed by atoms with E-state index in [1.165, 1.54) is 0 Å². The molecule has 0 aliphatic heterocycles. The van der Waals surface area contributed by atoms with Gasteiger partial charge in [-0.15, -0.1) is 0 Å². The second-order valence-corrected chi connectivity index (χ2v) is 5.81. The Morgan fingerprint density at radius 2 is 2.05 bits per heavy atom. The van der Waals surface area contributed by atoms with Gasteiger partial charge in [0.2, 0.25) is 5.91 Å². The Morgan fingerprint density at radius 3 is 2.65 bits per heavy atom. The van der Waals surface area contributed by atoms with Crippen molar-refractivity contribution in [1.29, 1.82) is 0 Å². The number of aryl methyl sites for hydroxylation is 1. The first-order valence-corrected chi connectivity index (χ1v) is 8.09. The number of anilines is 1. The van der Waals surface area contributed by atoms with Gasteiger partial charge in [-0.1, -0.05) is 31.5 Å². The molecule has 1 N–H and O–H groups in total. The summed E-state index contributed by atoms with van der Waals surface area (Å²) in [5.74, 6) is 0.00932. The molecule has 0 radical (unpaired) electrons. The van der Waals surface area contributed by atoms with Gasteiger partial charge in [0.15, 0.2) is 0 Å². The molecule has 2 aromatic rings. The topological polar surface area (TPSA) is 29.1 Å². The van der Waals surface area contributed by atoms with Gasteiger partial charge in [-0.25, -0.2) is 0 Å². The third kappa shape index (κ3) is 3.41. The third-order valence-electron chi connectivity index (χ3n) is 3.29. The maximum absolute atomic E-state index is 12.2. The number of hydrogen-bond donors (Lipinski definition) is 1. The molecule has 20 heavy (non-hydrogen) atoms. The van der Waals surface area contributed by atoms with Crippen molar-refractivity contribution >= 4 is 34.5 Å². The number of benzene rings is 1. The molecular weight excluding hydrogens is 290 g/mol. The minimum atomic E-state index is 0.00932. The number of carbonyl (C=O) groups is 1. The standard InChI is InChI=1S/C16H18ClNOS/c1-3-12-5-6-14(17)13(4-2)16(12)18-15(19)9-11-7-8-20-10-11/h5-8,10H,3-4,9H2,1-2H3,(H,18,19). The number of amides is 1. The van der Waals surface area contributed by atoms with Gasteiger partial charge in [-0.3, -0.25) is 4.79 Å². The fraction of sp³-hybridized carbons (Fsp3) is 0.312. The molecule has 0 aliphatic carbocycles. The first-order valence-electron chi connectivity index (χ1n) is 6.76. The van der Waals surface area contributed by atoms with Crippen LogP contribution in [0.1, 0.15) is 30.5 Å². The number of halogens is 1. The zero-order chi connectivity index (χ0) is 14.5. The van der Waals surface area contributed by atoms with Crippen molar-refractivity contribution in [3.63, 3.8) is 0 Å². The van der Waals surface area contributed by atoms with E-state index in [1.807, 2.05) is 29.0 Å². The van der Waals surface area contributed by atoms with Gasteiger partial charge in [0.25, 0.3) is 0 Å². The lowest BCUT2D eigenvalue weighted by molar-refractivity contribution is -0.115. The van der Waals surface area contributed by atoms with Gasteiger partial charge in [0.05, 0.1) is 6.42 Å². The van der Waals surface area contributed by atoms with E-state index in [-0.39, 0.29) is 5.91 Å². The summed E-state index contributed by atoms with van der Waals surface area (Å²) in [5.41, 5.74) is 4.09. The van der Waals surface area contributed by atoms with Crippen LogP contribution in [0.5, 0.6) is 0 Å². The van der Waals surface area contributed by atoms with Crippen LogP contribution in [0.2, 0.25) is 5.02 Å². The second kappa shape index (κ2) is 6.91. The summed E-state index contributed by atoms with van der Waals surface area (Å²) < 4.78 is 0. The third-order valence-corrected chi connectivity index (χ3v) is 4.37. The summed E-state index contributed by atoms with van der Waals surface area (Å²) in [6.45, 7) is 4.13. The van der Waals surface area contributed by atoms with Gasteiger partial charge >= 0.3 is 0 Å². The lowest BCUT2D eigenvalue weighted by atomic mass is 10.0. The Morgan fingerprint density at radius 1 is 1.25 bits per heavy atom. The molecule has 0 spiro atoms. The summed E-state index contributed by atoms with van der Waals surface area (Å²) in [6.07, 6.45) is 2.08. The molecule has 2 rings (SSSR count). The molecule has 0 unspecified atom stereocenters. The van der Waals surface area contributed by atoms with Crippen LogP contribution < -0.4 is 5.32 Å². The van der Waals surface area contributed by atoms with Crippen molar-refractivity contribution in [2.24, 2.45) is 0 Å². The van der Waals surface area contributed by atoms with Crippen LogP contribution in [0.25, 0.3) is 0 Å². The van der Waals surface area contributed by atoms with Crippen LogP contribution >= 0.6 is 22.9 Å². The van der Waals surface area contributed by atoms with Gasteiger partial charge in [0, 0.05) is 10.7 Å². The highest BCUT2D eigenvalue weighted by atomic mass is 35.5. The Labute approximate surface area is 128 Å². The Balaban J connectivity index is 2.23. The number of thiophene rings is 1. The molecule has 1 aromatic carbocycles. The van der Waals surface area contributed by atoms with E-state index in [2.05, 4.69) is 19.2 Å². The van der Waals surface area contributed by atoms with E-state index in [0.717, 1.165) is 40.2 Å². The van der Waals surface area contributed by atoms with Crippen LogP contribution in [-0.4, -0.2) is 5.91 Å². The zero-order valence-corrected chi connectivity index (χ0v) is 13.3. The molecule has 0 fully saturated rings. The quantitative estimate of drug-likeness (QED) is 0.851. The lowest BCUT2D eigenvalue weighted by Crippen LogP contribution is -2.16. The molecule has 1 heterocycles. The van der Waals surface area contributed by atoms with Crippen LogP contribution in [0.15, 0.2) is 29.0 Å². The summed E-state index contributed by atoms with van der Waals surface area (Å²) >= 11 is 7.84. The van der Waals surface area contributed by atoms with Crippen molar-refractivity contribution in [2.45, 2.75) is 33.1 Å². The van der Waals surface area contributed by atoms with E-state index in [1.54, 1.807) is 11.3 Å². The van der Waals surface area contributed by atoms with Crippen LogP contribution in [0, 0.1) is 0 Å². The van der Waals surface area contributed by atoms with E-state index in [9.17, 15) is 4.79 Å². The van der Waals surface area contributed by atoms with Crippen molar-refractivity contribution in [3.8, 4) is 0 Å². The highest BCUT2D eigenvalue weighted by Crippen LogP contribution is 2.29. The Bertz CT molecular complexity index is 593. The number of carbonyl (C=O) groups excluding carboxylic acids is 1. The molecule has 106 valence electrons. The molecule has 4 heteroatoms. The number of rotatable bonds is 5. The predicted octanol–water partition coefficient (Wildman–Crippen LogP) is 4.71. The molecule has 0 aliphatic rings. The minimum Gasteiger partial charge on any atom is -0.325 e. The molecule has 2 nitrogen and oxygen atoms in total. The monoisotopic (exact) mass is 307 g/mol. The average molecular weight is 308 g/mol. The molecule has 0 bridgehead atoms. The van der Waals surface area contributed by atoms with Crippen molar-refractivity contribution in [3.05, 3.63) is 50.7 Å². The van der Waals surface area contributed by atoms with Gasteiger partial charge in [-0.05, 0) is 52.4 Å². The normalized spacial score (nSPS) is 10.6. The highest BCUT2D eigenvalue weighted by Gasteiger charge is 2.13. The fourth-order valence-electron chi connectivity index (χ4n) is 2.23. The van der Waals surface area contributed by atoms with Gasteiger partial charge < -0.3 is 5.32 Å². The molecule has 0 atom stereocenters. The maximum atomic E-state index is 12.2. The van der Waals surface area contributed by atoms with E-state index >= 15 is 0 Å². The molecule has 0 saturated carbocycles. The molecular formula is C16H18ClNOS. The van der Waals surface area contributed by atoms with Crippen LogP contribution in [-0.2, 0) is 24.1 Å². The fourth-order valence-corrected chi connectivity index (χ4v) is 3.19. The molecule has 1 aromatic heterocycles. The summed E-state index contributed by atoms with van der Waals surface area (Å²) in [7, 11) is 0. The van der Waals surface area contributed by atoms with E-state index < -0.39 is 0 Å². The van der Waals surface area contributed by atoms with E-state index in [0.29, 0.717) is 6.42 Å². The molecule has 1 amide bonds. The maximum Gasteiger partial charge on any atom is 0.228 e. The minimum absolute atomic E-state index is 0.00932. The highest BCUT2D eigenvalue weighted by molar-refractivity contribution is 7.08. The number of hydrogen-bond acceptors (Lipinski definition) is 2. The first kappa shape index (κ1) is 15.1. The summed E-state index contributed by atoms with van der Waals surface area (Å²) in [4.78, 5) is 12.2. The summed E-state index contributed by atoms with van der Waals surface area (Å²) in [5, 5.41) is 7.74. The van der Waals surface area contributed by atoms with E-state index in [4.69, 9.17) is 11.6 Å². The summed E-state index contributed by atoms with van der Waals surface area (Å²) in [6, 6.07) is 5.87. The Kier molecular flexibility index (Phi) is 5.21. The first-order chi connectivity index (χ1) is 9.65. The smallest absolute Gasteiger partial charge is 0.228 e.